The first-order valence-electron chi connectivity index (χ1n) is 10.4. The molecule has 33 heavy (non-hydrogen) atoms. The number of nitrogens with zero attached hydrogens (tertiary/aromatic N) is 3. The summed E-state index contributed by atoms with van der Waals surface area (Å²) in [7, 11) is 2.02. The van der Waals surface area contributed by atoms with Crippen molar-refractivity contribution in [2.45, 2.75) is 38.1 Å². The number of carbonyl (C=O) groups excluding carboxylic acids is 1. The molecule has 11 heteroatoms. The summed E-state index contributed by atoms with van der Waals surface area (Å²) in [5.74, 6) is -0.534. The van der Waals surface area contributed by atoms with E-state index < -0.39 is 18.6 Å². The van der Waals surface area contributed by atoms with Crippen LogP contribution in [0.4, 0.5) is 22.4 Å². The fourth-order valence-corrected chi connectivity index (χ4v) is 3.82. The number of alkyl halides is 3. The number of aromatic nitrogens is 1. The average molecular weight is 489 g/mol. The van der Waals surface area contributed by atoms with Crippen LogP contribution in [-0.2, 0) is 13.1 Å². The molecule has 1 fully saturated rings. The summed E-state index contributed by atoms with van der Waals surface area (Å²) in [4.78, 5) is 21.0. The molecule has 2 heterocycles. The Kier molecular flexibility index (Phi) is 8.36. The molecule has 2 aromatic rings. The fraction of sp³-hybridized carbons (Fsp3) is 0.455. The lowest BCUT2D eigenvalue weighted by molar-refractivity contribution is -0.153. The van der Waals surface area contributed by atoms with Crippen LogP contribution in [0.3, 0.4) is 0 Å². The molecule has 1 saturated heterocycles. The van der Waals surface area contributed by atoms with Gasteiger partial charge in [0.25, 0.3) is 0 Å². The van der Waals surface area contributed by atoms with E-state index in [0.29, 0.717) is 11.3 Å². The maximum Gasteiger partial charge on any atom is 0.422 e. The topological polar surface area (TPSA) is 57.7 Å². The second-order valence-corrected chi connectivity index (χ2v) is 8.36. The lowest BCUT2D eigenvalue weighted by Gasteiger charge is -2.37. The van der Waals surface area contributed by atoms with Gasteiger partial charge in [-0.25, -0.2) is 9.18 Å². The van der Waals surface area contributed by atoms with Crippen LogP contribution in [0.15, 0.2) is 36.5 Å². The van der Waals surface area contributed by atoms with E-state index in [4.69, 9.17) is 16.3 Å². The molecule has 1 aromatic carbocycles. The number of urea groups is 1. The monoisotopic (exact) mass is 488 g/mol. The molecule has 0 bridgehead atoms. The van der Waals surface area contributed by atoms with E-state index in [1.165, 1.54) is 18.2 Å². The van der Waals surface area contributed by atoms with Gasteiger partial charge in [-0.2, -0.15) is 13.2 Å². The van der Waals surface area contributed by atoms with Crippen molar-refractivity contribution in [1.82, 2.24) is 20.1 Å². The van der Waals surface area contributed by atoms with Crippen molar-refractivity contribution in [3.63, 3.8) is 0 Å². The molecule has 0 saturated carbocycles. The van der Waals surface area contributed by atoms with Crippen LogP contribution in [-0.4, -0.2) is 59.8 Å². The van der Waals surface area contributed by atoms with E-state index in [2.05, 4.69) is 15.2 Å². The van der Waals surface area contributed by atoms with Crippen LogP contribution in [0.1, 0.15) is 24.1 Å². The number of benzene rings is 1. The van der Waals surface area contributed by atoms with Crippen molar-refractivity contribution in [3.8, 4) is 5.75 Å². The maximum atomic E-state index is 13.2. The normalized spacial score (nSPS) is 15.3. The summed E-state index contributed by atoms with van der Waals surface area (Å²) in [5, 5.41) is 2.86. The molecule has 180 valence electrons. The van der Waals surface area contributed by atoms with E-state index >= 15 is 0 Å². The zero-order valence-corrected chi connectivity index (χ0v) is 18.8. The Morgan fingerprint density at radius 1 is 1.27 bits per heavy atom. The maximum absolute atomic E-state index is 13.2. The molecule has 1 N–H and O–H groups in total. The third-order valence-corrected chi connectivity index (χ3v) is 5.64. The smallest absolute Gasteiger partial charge is 0.422 e. The zero-order valence-electron chi connectivity index (χ0n) is 18.0. The molecule has 2 amide bonds. The Morgan fingerprint density at radius 2 is 2.00 bits per heavy atom. The molecule has 0 spiro atoms. The van der Waals surface area contributed by atoms with Gasteiger partial charge in [-0.05, 0) is 62.8 Å². The lowest BCUT2D eigenvalue weighted by atomic mass is 10.0. The summed E-state index contributed by atoms with van der Waals surface area (Å²) in [5.41, 5.74) is 1.18. The predicted octanol–water partition coefficient (Wildman–Crippen LogP) is 4.62. The van der Waals surface area contributed by atoms with E-state index in [1.54, 1.807) is 17.0 Å². The Hall–Kier alpha value is -2.59. The number of halogens is 5. The van der Waals surface area contributed by atoms with Gasteiger partial charge in [0, 0.05) is 12.6 Å². The molecule has 0 aliphatic carbocycles. The van der Waals surface area contributed by atoms with Crippen LogP contribution in [0, 0.1) is 5.82 Å². The second kappa shape index (κ2) is 11.0. The third-order valence-electron chi connectivity index (χ3n) is 5.34. The number of pyridine rings is 1. The molecule has 0 radical (unpaired) electrons. The summed E-state index contributed by atoms with van der Waals surface area (Å²) >= 11 is 6.03. The molecule has 3 rings (SSSR count). The standard InChI is InChI=1S/C22H25ClF4N4O2/c1-30-8-6-18(7-9-30)31(13-17-4-3-16(24)12-28-17)21(32)29-11-15-2-5-20(19(23)10-15)33-14-22(25,26)27/h2-5,10,12,18H,6-9,11,13-14H2,1H3,(H,29,32). The molecular formula is C22H25ClF4N4O2. The summed E-state index contributed by atoms with van der Waals surface area (Å²) in [6, 6.07) is 6.86. The van der Waals surface area contributed by atoms with E-state index in [1.807, 2.05) is 7.05 Å². The minimum atomic E-state index is -4.47. The first-order valence-corrected chi connectivity index (χ1v) is 10.8. The third kappa shape index (κ3) is 7.75. The van der Waals surface area contributed by atoms with Crippen LogP contribution >= 0.6 is 11.6 Å². The number of hydrogen-bond donors (Lipinski definition) is 1. The summed E-state index contributed by atoms with van der Waals surface area (Å²) < 4.78 is 54.9. The summed E-state index contributed by atoms with van der Waals surface area (Å²) in [6.07, 6.45) is -1.76. The van der Waals surface area contributed by atoms with Gasteiger partial charge in [-0.1, -0.05) is 17.7 Å². The van der Waals surface area contributed by atoms with Gasteiger partial charge in [-0.15, -0.1) is 0 Å². The Morgan fingerprint density at radius 3 is 2.61 bits per heavy atom. The van der Waals surface area contributed by atoms with Gasteiger partial charge in [0.2, 0.25) is 0 Å². The van der Waals surface area contributed by atoms with E-state index in [-0.39, 0.29) is 35.9 Å². The van der Waals surface area contributed by atoms with E-state index in [9.17, 15) is 22.4 Å². The van der Waals surface area contributed by atoms with Gasteiger partial charge in [-0.3, -0.25) is 4.98 Å². The molecule has 0 atom stereocenters. The largest absolute Gasteiger partial charge is 0.483 e. The van der Waals surface area contributed by atoms with Crippen molar-refractivity contribution >= 4 is 17.6 Å². The highest BCUT2D eigenvalue weighted by atomic mass is 35.5. The van der Waals surface area contributed by atoms with Gasteiger partial charge >= 0.3 is 12.2 Å². The van der Waals surface area contributed by atoms with E-state index in [0.717, 1.165) is 32.1 Å². The quantitative estimate of drug-likeness (QED) is 0.578. The molecule has 0 unspecified atom stereocenters. The van der Waals surface area contributed by atoms with Crippen molar-refractivity contribution < 1.29 is 27.1 Å². The Balaban J connectivity index is 1.64. The Bertz CT molecular complexity index is 935. The number of hydrogen-bond acceptors (Lipinski definition) is 4. The first kappa shape index (κ1) is 25.0. The molecule has 6 nitrogen and oxygen atoms in total. The first-order chi connectivity index (χ1) is 15.6. The van der Waals surface area contributed by atoms with Gasteiger partial charge in [0.15, 0.2) is 6.61 Å². The van der Waals surface area contributed by atoms with Crippen LogP contribution in [0.2, 0.25) is 5.02 Å². The van der Waals surface area contributed by atoms with Crippen molar-refractivity contribution in [1.29, 1.82) is 0 Å². The average Bonchev–Trinajstić information content (AvgIpc) is 2.76. The minimum Gasteiger partial charge on any atom is -0.483 e. The highest BCUT2D eigenvalue weighted by Crippen LogP contribution is 2.27. The number of ether oxygens (including phenoxy) is 1. The second-order valence-electron chi connectivity index (χ2n) is 7.96. The molecular weight excluding hydrogens is 464 g/mol. The van der Waals surface area contributed by atoms with Crippen LogP contribution in [0.25, 0.3) is 0 Å². The highest BCUT2D eigenvalue weighted by molar-refractivity contribution is 6.32. The molecule has 1 aliphatic rings. The van der Waals surface area contributed by atoms with Crippen LogP contribution in [0.5, 0.6) is 5.75 Å². The number of rotatable bonds is 7. The number of likely N-dealkylation sites (tertiary alicyclic amines) is 1. The zero-order chi connectivity index (χ0) is 24.0. The van der Waals surface area contributed by atoms with Crippen LogP contribution < -0.4 is 10.1 Å². The van der Waals surface area contributed by atoms with Crippen molar-refractivity contribution in [2.75, 3.05) is 26.7 Å². The number of carbonyl (C=O) groups is 1. The van der Waals surface area contributed by atoms with Gasteiger partial charge in [0.05, 0.1) is 23.5 Å². The SMILES string of the molecule is CN1CCC(N(Cc2ccc(F)cn2)C(=O)NCc2ccc(OCC(F)(F)F)c(Cl)c2)CC1. The van der Waals surface area contributed by atoms with Crippen molar-refractivity contribution in [2.24, 2.45) is 0 Å². The highest BCUT2D eigenvalue weighted by Gasteiger charge is 2.29. The fourth-order valence-electron chi connectivity index (χ4n) is 3.56. The summed E-state index contributed by atoms with van der Waals surface area (Å²) in [6.45, 7) is 0.607. The predicted molar refractivity (Wildman–Crippen MR) is 115 cm³/mol. The molecule has 1 aliphatic heterocycles. The molecule has 1 aromatic heterocycles. The Labute approximate surface area is 194 Å². The number of piperidine rings is 1. The number of amides is 2. The van der Waals surface area contributed by atoms with Gasteiger partial charge in [0.1, 0.15) is 11.6 Å². The van der Waals surface area contributed by atoms with Gasteiger partial charge < -0.3 is 19.9 Å². The number of nitrogens with one attached hydrogen (secondary N) is 1. The lowest BCUT2D eigenvalue weighted by Crippen LogP contribution is -2.49. The minimum absolute atomic E-state index is 0.00483. The van der Waals surface area contributed by atoms with Crippen molar-refractivity contribution in [3.05, 3.63) is 58.6 Å².